The zero-order valence-corrected chi connectivity index (χ0v) is 12.8. The Morgan fingerprint density at radius 1 is 1.18 bits per heavy atom. The third-order valence-corrected chi connectivity index (χ3v) is 4.58. The van der Waals surface area contributed by atoms with Crippen molar-refractivity contribution in [3.63, 3.8) is 0 Å². The summed E-state index contributed by atoms with van der Waals surface area (Å²) in [6.07, 6.45) is 2.69. The predicted molar refractivity (Wildman–Crippen MR) is 87.3 cm³/mol. The monoisotopic (exact) mass is 331 g/mol. The van der Waals surface area contributed by atoms with Gasteiger partial charge in [-0.15, -0.1) is 21.5 Å². The number of aromatic nitrogens is 2. The summed E-state index contributed by atoms with van der Waals surface area (Å²) in [5.74, 6) is -0.750. The molecule has 0 aliphatic heterocycles. The molecule has 0 radical (unpaired) electrons. The lowest BCUT2D eigenvalue weighted by Crippen LogP contribution is -2.07. The van der Waals surface area contributed by atoms with Crippen molar-refractivity contribution in [2.24, 2.45) is 0 Å². The van der Waals surface area contributed by atoms with Crippen molar-refractivity contribution in [2.75, 3.05) is 5.32 Å². The number of amides is 1. The van der Waals surface area contributed by atoms with E-state index in [1.807, 2.05) is 17.5 Å². The maximum Gasteiger partial charge on any atom is 0.250 e. The number of rotatable bonds is 4. The molecule has 4 nitrogen and oxygen atoms in total. The smallest absolute Gasteiger partial charge is 0.250 e. The van der Waals surface area contributed by atoms with E-state index < -0.39 is 0 Å². The fourth-order valence-corrected chi connectivity index (χ4v) is 3.23. The first-order chi connectivity index (χ1) is 10.7. The molecule has 0 atom stereocenters. The largest absolute Gasteiger partial charge is 0.297 e. The van der Waals surface area contributed by atoms with Crippen LogP contribution in [0.3, 0.4) is 0 Å². The van der Waals surface area contributed by atoms with Crippen LogP contribution in [0.25, 0.3) is 16.0 Å². The first kappa shape index (κ1) is 14.6. The fraction of sp³-hybridized carbons (Fsp3) is 0. The summed E-state index contributed by atoms with van der Waals surface area (Å²) >= 11 is 2.85. The average molecular weight is 331 g/mol. The van der Waals surface area contributed by atoms with Gasteiger partial charge in [-0.05, 0) is 23.6 Å². The quantitative estimate of drug-likeness (QED) is 0.734. The Bertz CT molecular complexity index is 812. The summed E-state index contributed by atoms with van der Waals surface area (Å²) in [5.41, 5.74) is 0.356. The normalized spacial score (nSPS) is 11.0. The molecule has 0 unspecified atom stereocenters. The highest BCUT2D eigenvalue weighted by Crippen LogP contribution is 2.29. The summed E-state index contributed by atoms with van der Waals surface area (Å²) in [7, 11) is 0. The number of anilines is 1. The van der Waals surface area contributed by atoms with E-state index in [0.29, 0.717) is 10.7 Å². The Labute approximate surface area is 134 Å². The second kappa shape index (κ2) is 6.59. The van der Waals surface area contributed by atoms with Crippen molar-refractivity contribution in [1.82, 2.24) is 10.2 Å². The van der Waals surface area contributed by atoms with Crippen LogP contribution in [0.2, 0.25) is 0 Å². The lowest BCUT2D eigenvalue weighted by atomic mass is 10.2. The standard InChI is InChI=1S/C15H10FN3OS2/c16-11-5-2-1-4-10(11)7-8-13(20)17-15-19-18-14(22-15)12-6-3-9-21-12/h1-9H,(H,17,19,20). The van der Waals surface area contributed by atoms with E-state index in [2.05, 4.69) is 15.5 Å². The number of thiophene rings is 1. The van der Waals surface area contributed by atoms with Crippen molar-refractivity contribution < 1.29 is 9.18 Å². The summed E-state index contributed by atoms with van der Waals surface area (Å²) < 4.78 is 13.4. The van der Waals surface area contributed by atoms with Gasteiger partial charge in [-0.3, -0.25) is 10.1 Å². The van der Waals surface area contributed by atoms with Gasteiger partial charge in [0, 0.05) is 11.6 Å². The topological polar surface area (TPSA) is 54.9 Å². The van der Waals surface area contributed by atoms with Crippen LogP contribution in [0, 0.1) is 5.82 Å². The van der Waals surface area contributed by atoms with Crippen LogP contribution in [-0.2, 0) is 4.79 Å². The highest BCUT2D eigenvalue weighted by molar-refractivity contribution is 7.23. The summed E-state index contributed by atoms with van der Waals surface area (Å²) in [6, 6.07) is 10.1. The molecular formula is C15H10FN3OS2. The minimum absolute atomic E-state index is 0.356. The minimum Gasteiger partial charge on any atom is -0.297 e. The van der Waals surface area contributed by atoms with Crippen LogP contribution >= 0.6 is 22.7 Å². The van der Waals surface area contributed by atoms with Gasteiger partial charge in [0.1, 0.15) is 5.82 Å². The Kier molecular flexibility index (Phi) is 4.36. The lowest BCUT2D eigenvalue weighted by Gasteiger charge is -1.96. The highest BCUT2D eigenvalue weighted by Gasteiger charge is 2.08. The molecule has 1 N–H and O–H groups in total. The van der Waals surface area contributed by atoms with Crippen molar-refractivity contribution in [1.29, 1.82) is 0 Å². The van der Waals surface area contributed by atoms with Gasteiger partial charge in [0.2, 0.25) is 11.0 Å². The molecule has 0 fully saturated rings. The van der Waals surface area contributed by atoms with E-state index in [0.717, 1.165) is 9.88 Å². The molecular weight excluding hydrogens is 321 g/mol. The lowest BCUT2D eigenvalue weighted by molar-refractivity contribution is -0.111. The van der Waals surface area contributed by atoms with Crippen molar-refractivity contribution in [3.8, 4) is 9.88 Å². The molecule has 110 valence electrons. The molecule has 0 bridgehead atoms. The molecule has 0 spiro atoms. The molecule has 7 heteroatoms. The van der Waals surface area contributed by atoms with Crippen LogP contribution < -0.4 is 5.32 Å². The van der Waals surface area contributed by atoms with Crippen LogP contribution in [-0.4, -0.2) is 16.1 Å². The van der Waals surface area contributed by atoms with Crippen molar-refractivity contribution in [3.05, 3.63) is 59.2 Å². The van der Waals surface area contributed by atoms with Crippen LogP contribution in [0.15, 0.2) is 47.9 Å². The predicted octanol–water partition coefficient (Wildman–Crippen LogP) is 4.06. The van der Waals surface area contributed by atoms with Crippen LogP contribution in [0.4, 0.5) is 9.52 Å². The van der Waals surface area contributed by atoms with E-state index in [1.54, 1.807) is 29.5 Å². The molecule has 1 amide bonds. The number of hydrogen-bond acceptors (Lipinski definition) is 5. The van der Waals surface area contributed by atoms with E-state index in [4.69, 9.17) is 0 Å². The molecule has 2 heterocycles. The van der Waals surface area contributed by atoms with E-state index in [-0.39, 0.29) is 11.7 Å². The maximum atomic E-state index is 13.4. The van der Waals surface area contributed by atoms with Crippen molar-refractivity contribution in [2.45, 2.75) is 0 Å². The number of benzene rings is 1. The second-order valence-corrected chi connectivity index (χ2v) is 6.16. The van der Waals surface area contributed by atoms with Crippen LogP contribution in [0.1, 0.15) is 5.56 Å². The molecule has 3 aromatic rings. The molecule has 0 saturated carbocycles. The number of hydrogen-bond donors (Lipinski definition) is 1. The average Bonchev–Trinajstić information content (AvgIpc) is 3.17. The number of carbonyl (C=O) groups is 1. The van der Waals surface area contributed by atoms with Gasteiger partial charge in [-0.1, -0.05) is 35.6 Å². The summed E-state index contributed by atoms with van der Waals surface area (Å²) in [4.78, 5) is 12.8. The number of nitrogens with one attached hydrogen (secondary N) is 1. The van der Waals surface area contributed by atoms with Gasteiger partial charge < -0.3 is 0 Å². The van der Waals surface area contributed by atoms with Crippen LogP contribution in [0.5, 0.6) is 0 Å². The van der Waals surface area contributed by atoms with E-state index >= 15 is 0 Å². The molecule has 3 rings (SSSR count). The van der Waals surface area contributed by atoms with Gasteiger partial charge in [0.05, 0.1) is 4.88 Å². The molecule has 2 aromatic heterocycles. The van der Waals surface area contributed by atoms with Gasteiger partial charge in [0.25, 0.3) is 0 Å². The van der Waals surface area contributed by atoms with E-state index in [9.17, 15) is 9.18 Å². The molecule has 22 heavy (non-hydrogen) atoms. The number of halogens is 1. The first-order valence-corrected chi connectivity index (χ1v) is 8.03. The van der Waals surface area contributed by atoms with Crippen molar-refractivity contribution >= 4 is 39.8 Å². The van der Waals surface area contributed by atoms with E-state index in [1.165, 1.54) is 29.6 Å². The van der Waals surface area contributed by atoms with Gasteiger partial charge in [-0.2, -0.15) is 0 Å². The summed E-state index contributed by atoms with van der Waals surface area (Å²) in [5, 5.41) is 13.7. The Morgan fingerprint density at radius 3 is 2.82 bits per heavy atom. The third-order valence-electron chi connectivity index (χ3n) is 2.71. The highest BCUT2D eigenvalue weighted by atomic mass is 32.1. The minimum atomic E-state index is -0.378. The number of nitrogens with zero attached hydrogens (tertiary/aromatic N) is 2. The second-order valence-electron chi connectivity index (χ2n) is 4.23. The molecule has 0 aliphatic carbocycles. The molecule has 1 aromatic carbocycles. The molecule has 0 saturated heterocycles. The zero-order valence-electron chi connectivity index (χ0n) is 11.2. The maximum absolute atomic E-state index is 13.4. The van der Waals surface area contributed by atoms with Gasteiger partial charge in [-0.25, -0.2) is 4.39 Å². The van der Waals surface area contributed by atoms with Gasteiger partial charge in [0.15, 0.2) is 5.01 Å². The molecule has 0 aliphatic rings. The Hall–Kier alpha value is -2.38. The third kappa shape index (κ3) is 3.44. The Balaban J connectivity index is 1.66. The Morgan fingerprint density at radius 2 is 2.05 bits per heavy atom. The SMILES string of the molecule is O=C(C=Cc1ccccc1F)Nc1nnc(-c2cccs2)s1. The number of carbonyl (C=O) groups excluding carboxylic acids is 1. The fourth-order valence-electron chi connectivity index (χ4n) is 1.70. The zero-order chi connectivity index (χ0) is 15.4. The summed E-state index contributed by atoms with van der Waals surface area (Å²) in [6.45, 7) is 0. The first-order valence-electron chi connectivity index (χ1n) is 6.33. The van der Waals surface area contributed by atoms with Gasteiger partial charge >= 0.3 is 0 Å².